The lowest BCUT2D eigenvalue weighted by Gasteiger charge is -2.00. The molecular formula is C15H13N5O. The van der Waals surface area contributed by atoms with Crippen LogP contribution in [0.3, 0.4) is 0 Å². The van der Waals surface area contributed by atoms with Crippen molar-refractivity contribution >= 4 is 11.9 Å². The van der Waals surface area contributed by atoms with Gasteiger partial charge in [-0.1, -0.05) is 5.16 Å². The predicted octanol–water partition coefficient (Wildman–Crippen LogP) is 2.89. The molecule has 0 unspecified atom stereocenters. The Morgan fingerprint density at radius 1 is 1.10 bits per heavy atom. The van der Waals surface area contributed by atoms with Gasteiger partial charge in [-0.3, -0.25) is 10.4 Å². The van der Waals surface area contributed by atoms with Gasteiger partial charge in [0.2, 0.25) is 11.7 Å². The lowest BCUT2D eigenvalue weighted by atomic mass is 10.2. The molecular weight excluding hydrogens is 266 g/mol. The van der Waals surface area contributed by atoms with Crippen molar-refractivity contribution in [2.45, 2.75) is 6.92 Å². The van der Waals surface area contributed by atoms with Crippen molar-refractivity contribution in [2.24, 2.45) is 5.10 Å². The van der Waals surface area contributed by atoms with Crippen molar-refractivity contribution in [3.05, 3.63) is 60.2 Å². The zero-order valence-electron chi connectivity index (χ0n) is 11.4. The molecule has 21 heavy (non-hydrogen) atoms. The van der Waals surface area contributed by atoms with E-state index in [1.807, 2.05) is 36.4 Å². The van der Waals surface area contributed by atoms with Crippen molar-refractivity contribution in [3.8, 4) is 11.4 Å². The number of benzene rings is 1. The summed E-state index contributed by atoms with van der Waals surface area (Å²) >= 11 is 0. The van der Waals surface area contributed by atoms with Gasteiger partial charge < -0.3 is 4.52 Å². The van der Waals surface area contributed by atoms with Crippen molar-refractivity contribution in [1.82, 2.24) is 15.1 Å². The van der Waals surface area contributed by atoms with Crippen molar-refractivity contribution < 1.29 is 4.52 Å². The summed E-state index contributed by atoms with van der Waals surface area (Å²) in [4.78, 5) is 8.13. The van der Waals surface area contributed by atoms with Crippen molar-refractivity contribution in [2.75, 3.05) is 5.43 Å². The van der Waals surface area contributed by atoms with Crippen LogP contribution in [0.5, 0.6) is 0 Å². The molecule has 0 aliphatic carbocycles. The maximum absolute atomic E-state index is 4.96. The Balaban J connectivity index is 1.66. The highest BCUT2D eigenvalue weighted by Crippen LogP contribution is 2.18. The standard InChI is InChI=1S/C15H13N5O/c1-11-18-15(20-21-11)13-2-4-14(5-3-13)19-17-10-12-6-8-16-9-7-12/h2-10,19H,1H3. The molecule has 0 fully saturated rings. The molecule has 0 radical (unpaired) electrons. The third-order valence-electron chi connectivity index (χ3n) is 2.78. The zero-order valence-corrected chi connectivity index (χ0v) is 11.4. The molecule has 2 heterocycles. The lowest BCUT2D eigenvalue weighted by Crippen LogP contribution is -1.91. The third-order valence-corrected chi connectivity index (χ3v) is 2.78. The molecule has 0 saturated heterocycles. The summed E-state index contributed by atoms with van der Waals surface area (Å²) in [6.45, 7) is 1.76. The van der Waals surface area contributed by atoms with Gasteiger partial charge in [0, 0.05) is 24.9 Å². The molecule has 0 spiro atoms. The molecule has 0 aliphatic heterocycles. The maximum atomic E-state index is 4.96. The van der Waals surface area contributed by atoms with Gasteiger partial charge in [-0.2, -0.15) is 10.1 Å². The van der Waals surface area contributed by atoms with E-state index in [9.17, 15) is 0 Å². The van der Waals surface area contributed by atoms with Crippen LogP contribution in [0.1, 0.15) is 11.5 Å². The number of nitrogens with one attached hydrogen (secondary N) is 1. The predicted molar refractivity (Wildman–Crippen MR) is 79.9 cm³/mol. The molecule has 2 aromatic heterocycles. The Kier molecular flexibility index (Phi) is 3.68. The Morgan fingerprint density at radius 3 is 2.52 bits per heavy atom. The topological polar surface area (TPSA) is 76.2 Å². The zero-order chi connectivity index (χ0) is 14.5. The summed E-state index contributed by atoms with van der Waals surface area (Å²) in [5, 5.41) is 8.04. The lowest BCUT2D eigenvalue weighted by molar-refractivity contribution is 0.394. The van der Waals surface area contributed by atoms with E-state index in [1.165, 1.54) is 0 Å². The highest BCUT2D eigenvalue weighted by atomic mass is 16.5. The fourth-order valence-electron chi connectivity index (χ4n) is 1.74. The Morgan fingerprint density at radius 2 is 1.86 bits per heavy atom. The van der Waals surface area contributed by atoms with Crippen LogP contribution in [0.4, 0.5) is 5.69 Å². The van der Waals surface area contributed by atoms with Crippen LogP contribution < -0.4 is 5.43 Å². The van der Waals surface area contributed by atoms with Gasteiger partial charge in [-0.15, -0.1) is 0 Å². The van der Waals surface area contributed by atoms with Gasteiger partial charge in [-0.05, 0) is 42.0 Å². The van der Waals surface area contributed by atoms with E-state index in [0.29, 0.717) is 11.7 Å². The first-order chi connectivity index (χ1) is 10.3. The van der Waals surface area contributed by atoms with E-state index in [-0.39, 0.29) is 0 Å². The Bertz CT molecular complexity index is 734. The van der Waals surface area contributed by atoms with Gasteiger partial charge in [0.25, 0.3) is 0 Å². The molecule has 0 saturated carbocycles. The normalized spacial score (nSPS) is 10.9. The molecule has 3 aromatic rings. The smallest absolute Gasteiger partial charge is 0.223 e. The number of hydrogen-bond acceptors (Lipinski definition) is 6. The fraction of sp³-hybridized carbons (Fsp3) is 0.0667. The highest BCUT2D eigenvalue weighted by molar-refractivity contribution is 5.79. The number of aromatic nitrogens is 3. The van der Waals surface area contributed by atoms with E-state index in [2.05, 4.69) is 25.7 Å². The summed E-state index contributed by atoms with van der Waals surface area (Å²) in [6, 6.07) is 11.4. The van der Waals surface area contributed by atoms with Gasteiger partial charge in [0.15, 0.2) is 0 Å². The summed E-state index contributed by atoms with van der Waals surface area (Å²) in [5.41, 5.74) is 5.72. The summed E-state index contributed by atoms with van der Waals surface area (Å²) < 4.78 is 4.96. The molecule has 0 amide bonds. The van der Waals surface area contributed by atoms with Gasteiger partial charge in [-0.25, -0.2) is 0 Å². The minimum absolute atomic E-state index is 0.550. The first kappa shape index (κ1) is 13.0. The summed E-state index contributed by atoms with van der Waals surface area (Å²) in [7, 11) is 0. The molecule has 3 rings (SSSR count). The molecule has 0 bridgehead atoms. The van der Waals surface area contributed by atoms with Crippen LogP contribution in [-0.2, 0) is 0 Å². The molecule has 6 heteroatoms. The van der Waals surface area contributed by atoms with Crippen LogP contribution in [0.15, 0.2) is 58.4 Å². The Labute approximate surface area is 121 Å². The number of hydrogen-bond donors (Lipinski definition) is 1. The van der Waals surface area contributed by atoms with Crippen molar-refractivity contribution in [1.29, 1.82) is 0 Å². The van der Waals surface area contributed by atoms with E-state index in [0.717, 1.165) is 16.8 Å². The monoisotopic (exact) mass is 279 g/mol. The molecule has 0 atom stereocenters. The molecule has 6 nitrogen and oxygen atoms in total. The second-order valence-electron chi connectivity index (χ2n) is 4.36. The number of rotatable bonds is 4. The van der Waals surface area contributed by atoms with Crippen LogP contribution in [0.25, 0.3) is 11.4 Å². The first-order valence-corrected chi connectivity index (χ1v) is 6.41. The van der Waals surface area contributed by atoms with Crippen LogP contribution in [0.2, 0.25) is 0 Å². The van der Waals surface area contributed by atoms with Crippen LogP contribution in [-0.4, -0.2) is 21.3 Å². The third kappa shape index (κ3) is 3.30. The van der Waals surface area contributed by atoms with Crippen molar-refractivity contribution in [3.63, 3.8) is 0 Å². The molecule has 1 aromatic carbocycles. The second-order valence-corrected chi connectivity index (χ2v) is 4.36. The van der Waals surface area contributed by atoms with E-state index >= 15 is 0 Å². The van der Waals surface area contributed by atoms with Gasteiger partial charge >= 0.3 is 0 Å². The average molecular weight is 279 g/mol. The van der Waals surface area contributed by atoms with Gasteiger partial charge in [0.1, 0.15) is 0 Å². The van der Waals surface area contributed by atoms with E-state index in [4.69, 9.17) is 4.52 Å². The SMILES string of the molecule is Cc1nc(-c2ccc(NN=Cc3ccncc3)cc2)no1. The number of hydrazone groups is 1. The van der Waals surface area contributed by atoms with Crippen LogP contribution in [0, 0.1) is 6.92 Å². The highest BCUT2D eigenvalue weighted by Gasteiger charge is 2.04. The van der Waals surface area contributed by atoms with E-state index in [1.54, 1.807) is 25.5 Å². The number of nitrogens with zero attached hydrogens (tertiary/aromatic N) is 4. The number of pyridine rings is 1. The quantitative estimate of drug-likeness (QED) is 0.587. The minimum atomic E-state index is 0.550. The fourth-order valence-corrected chi connectivity index (χ4v) is 1.74. The summed E-state index contributed by atoms with van der Waals surface area (Å²) in [5.74, 6) is 1.13. The largest absolute Gasteiger partial charge is 0.339 e. The number of aryl methyl sites for hydroxylation is 1. The second kappa shape index (κ2) is 5.96. The van der Waals surface area contributed by atoms with Crippen LogP contribution >= 0.6 is 0 Å². The molecule has 1 N–H and O–H groups in total. The summed E-state index contributed by atoms with van der Waals surface area (Å²) in [6.07, 6.45) is 5.18. The van der Waals surface area contributed by atoms with E-state index < -0.39 is 0 Å². The molecule has 0 aliphatic rings. The average Bonchev–Trinajstić information content (AvgIpc) is 2.96. The van der Waals surface area contributed by atoms with Gasteiger partial charge in [0.05, 0.1) is 11.9 Å². The minimum Gasteiger partial charge on any atom is -0.339 e. The first-order valence-electron chi connectivity index (χ1n) is 6.41. The number of anilines is 1. The Hall–Kier alpha value is -3.02. The maximum Gasteiger partial charge on any atom is 0.223 e. The molecule has 104 valence electrons.